The molecule has 6 rings (SSSR count). The second-order valence-electron chi connectivity index (χ2n) is 10.5. The van der Waals surface area contributed by atoms with Crippen LogP contribution in [0.25, 0.3) is 0 Å². The third kappa shape index (κ3) is 3.14. The molecule has 0 saturated heterocycles. The highest BCUT2D eigenvalue weighted by molar-refractivity contribution is 9.08. The first-order valence-electron chi connectivity index (χ1n) is 10.7. The second-order valence-corrected chi connectivity index (χ2v) is 11.0. The molecule has 0 amide bonds. The molecule has 1 aromatic carbocycles. The molecule has 4 bridgehead atoms. The Labute approximate surface area is 171 Å². The summed E-state index contributed by atoms with van der Waals surface area (Å²) in [6.07, 6.45) is 9.12. The van der Waals surface area contributed by atoms with Gasteiger partial charge in [0, 0.05) is 17.2 Å². The molecule has 0 spiro atoms. The minimum atomic E-state index is -0.111. The standard InChI is InChI=1S/C24H30BrNO/c1-23(2)13-19-4-3-15(14-25)8-20(19)21(26-23)9-22(27)24-10-16-5-17(11-24)7-18(6-16)12-24/h3-4,8,16-18H,5-7,9-14H2,1-2H3. The summed E-state index contributed by atoms with van der Waals surface area (Å²) in [5.41, 5.74) is 4.76. The van der Waals surface area contributed by atoms with Gasteiger partial charge in [0.15, 0.2) is 0 Å². The van der Waals surface area contributed by atoms with Gasteiger partial charge in [0.2, 0.25) is 0 Å². The molecule has 0 radical (unpaired) electrons. The SMILES string of the molecule is CC1(C)Cc2ccc(CBr)cc2C(CC(=O)C23CC4CC(CC(C4)C2)C3)=N1. The Morgan fingerprint density at radius 1 is 1.11 bits per heavy atom. The van der Waals surface area contributed by atoms with Crippen molar-refractivity contribution in [1.29, 1.82) is 0 Å². The molecule has 27 heavy (non-hydrogen) atoms. The largest absolute Gasteiger partial charge is 0.299 e. The van der Waals surface area contributed by atoms with Crippen molar-refractivity contribution < 1.29 is 4.79 Å². The van der Waals surface area contributed by atoms with Crippen LogP contribution in [-0.2, 0) is 16.5 Å². The second kappa shape index (κ2) is 6.27. The molecule has 1 aromatic rings. The Morgan fingerprint density at radius 3 is 2.33 bits per heavy atom. The van der Waals surface area contributed by atoms with E-state index in [9.17, 15) is 4.79 Å². The summed E-state index contributed by atoms with van der Waals surface area (Å²) in [5, 5.41) is 0.847. The number of rotatable bonds is 4. The molecular weight excluding hydrogens is 398 g/mol. The lowest BCUT2D eigenvalue weighted by Crippen LogP contribution is -2.50. The number of nitrogens with zero attached hydrogens (tertiary/aromatic N) is 1. The van der Waals surface area contributed by atoms with Crippen LogP contribution in [0.1, 0.15) is 75.5 Å². The molecule has 0 aromatic heterocycles. The Balaban J connectivity index is 1.46. The summed E-state index contributed by atoms with van der Waals surface area (Å²) in [7, 11) is 0. The van der Waals surface area contributed by atoms with E-state index in [1.54, 1.807) is 0 Å². The summed E-state index contributed by atoms with van der Waals surface area (Å²) in [5.74, 6) is 2.94. The van der Waals surface area contributed by atoms with E-state index in [0.29, 0.717) is 12.2 Å². The van der Waals surface area contributed by atoms with Gasteiger partial charge in [-0.2, -0.15) is 0 Å². The molecule has 4 aliphatic carbocycles. The van der Waals surface area contributed by atoms with Crippen LogP contribution in [0.2, 0.25) is 0 Å². The molecule has 4 fully saturated rings. The highest BCUT2D eigenvalue weighted by Gasteiger charge is 2.54. The van der Waals surface area contributed by atoms with Crippen LogP contribution in [0, 0.1) is 23.2 Å². The Kier molecular flexibility index (Phi) is 4.20. The molecule has 2 nitrogen and oxygen atoms in total. The number of ketones is 1. The van der Waals surface area contributed by atoms with E-state index in [1.807, 2.05) is 0 Å². The van der Waals surface area contributed by atoms with Crippen molar-refractivity contribution in [1.82, 2.24) is 0 Å². The van der Waals surface area contributed by atoms with Crippen LogP contribution >= 0.6 is 15.9 Å². The number of hydrogen-bond acceptors (Lipinski definition) is 2. The Morgan fingerprint density at radius 2 is 1.74 bits per heavy atom. The molecule has 0 unspecified atom stereocenters. The van der Waals surface area contributed by atoms with Gasteiger partial charge in [0.25, 0.3) is 0 Å². The minimum Gasteiger partial charge on any atom is -0.299 e. The van der Waals surface area contributed by atoms with Crippen LogP contribution in [0.5, 0.6) is 0 Å². The fourth-order valence-electron chi connectivity index (χ4n) is 6.99. The minimum absolute atomic E-state index is 0.0218. The number of halogens is 1. The lowest BCUT2D eigenvalue weighted by molar-refractivity contribution is -0.142. The normalized spacial score (nSPS) is 35.7. The smallest absolute Gasteiger partial charge is 0.145 e. The van der Waals surface area contributed by atoms with Gasteiger partial charge < -0.3 is 0 Å². The van der Waals surface area contributed by atoms with Crippen molar-refractivity contribution in [2.24, 2.45) is 28.2 Å². The highest BCUT2D eigenvalue weighted by atomic mass is 79.9. The van der Waals surface area contributed by atoms with E-state index in [4.69, 9.17) is 4.99 Å². The average Bonchev–Trinajstić information content (AvgIpc) is 2.59. The maximum atomic E-state index is 13.7. The van der Waals surface area contributed by atoms with Crippen LogP contribution < -0.4 is 0 Å². The Bertz CT molecular complexity index is 786. The number of aliphatic imine (C=N–C) groups is 1. The molecule has 3 heteroatoms. The van der Waals surface area contributed by atoms with E-state index in [0.717, 1.165) is 54.5 Å². The predicted octanol–water partition coefficient (Wildman–Crippen LogP) is 5.88. The zero-order chi connectivity index (χ0) is 18.8. The van der Waals surface area contributed by atoms with Crippen LogP contribution in [-0.4, -0.2) is 17.0 Å². The number of carbonyl (C=O) groups excluding carboxylic acids is 1. The molecule has 4 saturated carbocycles. The molecule has 0 atom stereocenters. The van der Waals surface area contributed by atoms with E-state index >= 15 is 0 Å². The molecule has 1 heterocycles. The van der Waals surface area contributed by atoms with Gasteiger partial charge >= 0.3 is 0 Å². The summed E-state index contributed by atoms with van der Waals surface area (Å²) in [6.45, 7) is 4.40. The van der Waals surface area contributed by atoms with Gasteiger partial charge in [0.05, 0.1) is 11.3 Å². The van der Waals surface area contributed by atoms with Crippen molar-refractivity contribution in [2.75, 3.05) is 0 Å². The number of Topliss-reactive ketones (excluding diaryl/α,β-unsaturated/α-hetero) is 1. The lowest BCUT2D eigenvalue weighted by atomic mass is 9.48. The average molecular weight is 428 g/mol. The molecule has 0 N–H and O–H groups in total. The molecule has 5 aliphatic rings. The van der Waals surface area contributed by atoms with Crippen molar-refractivity contribution in [2.45, 2.75) is 76.1 Å². The summed E-state index contributed by atoms with van der Waals surface area (Å²) >= 11 is 3.58. The van der Waals surface area contributed by atoms with Gasteiger partial charge in [0.1, 0.15) is 5.78 Å². The van der Waals surface area contributed by atoms with E-state index in [2.05, 4.69) is 48.0 Å². The fraction of sp³-hybridized carbons (Fsp3) is 0.667. The van der Waals surface area contributed by atoms with Crippen LogP contribution in [0.15, 0.2) is 23.2 Å². The van der Waals surface area contributed by atoms with Gasteiger partial charge in [-0.15, -0.1) is 0 Å². The van der Waals surface area contributed by atoms with Gasteiger partial charge in [-0.3, -0.25) is 9.79 Å². The van der Waals surface area contributed by atoms with Gasteiger partial charge in [-0.05, 0) is 99.3 Å². The van der Waals surface area contributed by atoms with Crippen LogP contribution in [0.3, 0.4) is 0 Å². The number of alkyl halides is 1. The lowest BCUT2D eigenvalue weighted by Gasteiger charge is -2.56. The quantitative estimate of drug-likeness (QED) is 0.551. The number of fused-ring (bicyclic) bond motifs is 1. The summed E-state index contributed by atoms with van der Waals surface area (Å²) < 4.78 is 0. The maximum absolute atomic E-state index is 13.7. The zero-order valence-corrected chi connectivity index (χ0v) is 18.1. The summed E-state index contributed by atoms with van der Waals surface area (Å²) in [4.78, 5) is 18.7. The number of hydrogen-bond donors (Lipinski definition) is 0. The van der Waals surface area contributed by atoms with Crippen molar-refractivity contribution in [3.63, 3.8) is 0 Å². The highest BCUT2D eigenvalue weighted by Crippen LogP contribution is 2.60. The van der Waals surface area contributed by atoms with Gasteiger partial charge in [-0.25, -0.2) is 0 Å². The zero-order valence-electron chi connectivity index (χ0n) is 16.6. The van der Waals surface area contributed by atoms with E-state index in [-0.39, 0.29) is 11.0 Å². The van der Waals surface area contributed by atoms with Crippen LogP contribution in [0.4, 0.5) is 0 Å². The maximum Gasteiger partial charge on any atom is 0.145 e. The predicted molar refractivity (Wildman–Crippen MR) is 114 cm³/mol. The van der Waals surface area contributed by atoms with Crippen molar-refractivity contribution in [3.8, 4) is 0 Å². The number of carbonyl (C=O) groups is 1. The fourth-order valence-corrected chi connectivity index (χ4v) is 7.34. The molecular formula is C24H30BrNO. The van der Waals surface area contributed by atoms with E-state index < -0.39 is 0 Å². The third-order valence-electron chi connectivity index (χ3n) is 7.66. The van der Waals surface area contributed by atoms with E-state index in [1.165, 1.54) is 36.0 Å². The number of benzene rings is 1. The summed E-state index contributed by atoms with van der Waals surface area (Å²) in [6, 6.07) is 6.70. The van der Waals surface area contributed by atoms with Gasteiger partial charge in [-0.1, -0.05) is 28.1 Å². The first-order chi connectivity index (χ1) is 12.9. The molecule has 1 aliphatic heterocycles. The first-order valence-corrected chi connectivity index (χ1v) is 11.8. The Hall–Kier alpha value is -0.960. The monoisotopic (exact) mass is 427 g/mol. The first kappa shape index (κ1) is 18.1. The van der Waals surface area contributed by atoms with Crippen molar-refractivity contribution in [3.05, 3.63) is 34.9 Å². The van der Waals surface area contributed by atoms with Crippen molar-refractivity contribution >= 4 is 27.4 Å². The third-order valence-corrected chi connectivity index (χ3v) is 8.31. The topological polar surface area (TPSA) is 29.4 Å². The molecule has 144 valence electrons.